The summed E-state index contributed by atoms with van der Waals surface area (Å²) < 4.78 is 23.8. The summed E-state index contributed by atoms with van der Waals surface area (Å²) in [6.07, 6.45) is 1.62. The molecule has 0 aliphatic heterocycles. The number of aryl methyl sites for hydroxylation is 1. The molecule has 9 heteroatoms. The Morgan fingerprint density at radius 3 is 2.85 bits per heavy atom. The number of hydrogen-bond acceptors (Lipinski definition) is 6. The van der Waals surface area contributed by atoms with Crippen molar-refractivity contribution in [3.05, 3.63) is 23.2 Å². The topological polar surface area (TPSA) is 104 Å². The Labute approximate surface area is 121 Å². The molecule has 1 aromatic heterocycles. The molecule has 20 heavy (non-hydrogen) atoms. The molecule has 2 rings (SSSR count). The largest absolute Gasteiger partial charge is 0.397 e. The van der Waals surface area contributed by atoms with Gasteiger partial charge in [0.15, 0.2) is 5.82 Å². The van der Waals surface area contributed by atoms with Gasteiger partial charge in [0.2, 0.25) is 0 Å². The number of para-hydroxylation sites is 1. The van der Waals surface area contributed by atoms with Crippen LogP contribution in [0.3, 0.4) is 0 Å². The van der Waals surface area contributed by atoms with Crippen molar-refractivity contribution >= 4 is 27.1 Å². The standard InChI is InChI=1S/C11H14ClN5O2S/c1-20(18,19)7-3-6-17-11(14-15-16-17)8-4-2-5-9(12)10(8)13/h2,4-5H,3,6-7,13H2,1H3. The first-order chi connectivity index (χ1) is 9.38. The van der Waals surface area contributed by atoms with E-state index in [0.717, 1.165) is 0 Å². The maximum absolute atomic E-state index is 11.1. The van der Waals surface area contributed by atoms with E-state index in [4.69, 9.17) is 17.3 Å². The fraction of sp³-hybridized carbons (Fsp3) is 0.364. The summed E-state index contributed by atoms with van der Waals surface area (Å²) in [6, 6.07) is 5.20. The molecule has 0 bridgehead atoms. The van der Waals surface area contributed by atoms with Gasteiger partial charge in [-0.15, -0.1) is 5.10 Å². The van der Waals surface area contributed by atoms with Crippen LogP contribution in [0.2, 0.25) is 5.02 Å². The fourth-order valence-corrected chi connectivity index (χ4v) is 2.58. The molecule has 1 aromatic carbocycles. The molecule has 0 spiro atoms. The predicted octanol–water partition coefficient (Wildman–Crippen LogP) is 1.01. The second-order valence-corrected chi connectivity index (χ2v) is 7.08. The molecule has 0 saturated heterocycles. The van der Waals surface area contributed by atoms with E-state index in [-0.39, 0.29) is 5.75 Å². The van der Waals surface area contributed by atoms with Gasteiger partial charge in [-0.3, -0.25) is 0 Å². The highest BCUT2D eigenvalue weighted by molar-refractivity contribution is 7.90. The normalized spacial score (nSPS) is 11.7. The van der Waals surface area contributed by atoms with E-state index in [1.54, 1.807) is 18.2 Å². The van der Waals surface area contributed by atoms with Gasteiger partial charge in [-0.2, -0.15) is 0 Å². The number of hydrogen-bond donors (Lipinski definition) is 1. The van der Waals surface area contributed by atoms with Gasteiger partial charge in [0.25, 0.3) is 0 Å². The van der Waals surface area contributed by atoms with Gasteiger partial charge >= 0.3 is 0 Å². The van der Waals surface area contributed by atoms with Crippen molar-refractivity contribution in [2.75, 3.05) is 17.7 Å². The molecule has 1 heterocycles. The first-order valence-corrected chi connectivity index (χ1v) is 8.30. The molecule has 0 amide bonds. The number of benzene rings is 1. The summed E-state index contributed by atoms with van der Waals surface area (Å²) in [5, 5.41) is 11.8. The average Bonchev–Trinajstić information content (AvgIpc) is 2.79. The lowest BCUT2D eigenvalue weighted by atomic mass is 10.1. The van der Waals surface area contributed by atoms with Crippen LogP contribution in [0.4, 0.5) is 5.69 Å². The van der Waals surface area contributed by atoms with Crippen molar-refractivity contribution in [1.29, 1.82) is 0 Å². The lowest BCUT2D eigenvalue weighted by Crippen LogP contribution is -2.10. The van der Waals surface area contributed by atoms with E-state index in [1.807, 2.05) is 0 Å². The Morgan fingerprint density at radius 2 is 2.15 bits per heavy atom. The first-order valence-electron chi connectivity index (χ1n) is 5.87. The number of nitrogens with two attached hydrogens (primary N) is 1. The van der Waals surface area contributed by atoms with Gasteiger partial charge in [-0.05, 0) is 29.0 Å². The van der Waals surface area contributed by atoms with E-state index in [2.05, 4.69) is 15.5 Å². The fourth-order valence-electron chi connectivity index (χ4n) is 1.76. The van der Waals surface area contributed by atoms with Gasteiger partial charge < -0.3 is 5.73 Å². The highest BCUT2D eigenvalue weighted by Gasteiger charge is 2.14. The van der Waals surface area contributed by atoms with Crippen LogP contribution in [-0.4, -0.2) is 40.6 Å². The number of halogens is 1. The SMILES string of the molecule is CS(=O)(=O)CCCn1nnnc1-c1cccc(Cl)c1N. The summed E-state index contributed by atoms with van der Waals surface area (Å²) in [6.45, 7) is 0.390. The van der Waals surface area contributed by atoms with Crippen LogP contribution in [0.15, 0.2) is 18.2 Å². The zero-order chi connectivity index (χ0) is 14.8. The van der Waals surface area contributed by atoms with Crippen LogP contribution in [0.25, 0.3) is 11.4 Å². The van der Waals surface area contributed by atoms with E-state index < -0.39 is 9.84 Å². The monoisotopic (exact) mass is 315 g/mol. The van der Waals surface area contributed by atoms with Gasteiger partial charge in [-0.25, -0.2) is 13.1 Å². The number of anilines is 1. The highest BCUT2D eigenvalue weighted by Crippen LogP contribution is 2.29. The quantitative estimate of drug-likeness (QED) is 0.826. The minimum absolute atomic E-state index is 0.0807. The molecule has 7 nitrogen and oxygen atoms in total. The van der Waals surface area contributed by atoms with Crippen LogP contribution in [0.1, 0.15) is 6.42 Å². The van der Waals surface area contributed by atoms with Gasteiger partial charge in [0.1, 0.15) is 9.84 Å². The van der Waals surface area contributed by atoms with E-state index >= 15 is 0 Å². The lowest BCUT2D eigenvalue weighted by Gasteiger charge is -2.07. The number of aromatic nitrogens is 4. The third kappa shape index (κ3) is 3.45. The number of tetrazole rings is 1. The van der Waals surface area contributed by atoms with Crippen molar-refractivity contribution < 1.29 is 8.42 Å². The minimum Gasteiger partial charge on any atom is -0.397 e. The molecule has 108 valence electrons. The number of rotatable bonds is 5. The summed E-state index contributed by atoms with van der Waals surface area (Å²) in [7, 11) is -3.00. The lowest BCUT2D eigenvalue weighted by molar-refractivity contribution is 0.567. The molecular weight excluding hydrogens is 302 g/mol. The van der Waals surface area contributed by atoms with Crippen molar-refractivity contribution in [2.45, 2.75) is 13.0 Å². The molecular formula is C11H14ClN5O2S. The van der Waals surface area contributed by atoms with Crippen molar-refractivity contribution in [3.8, 4) is 11.4 Å². The minimum atomic E-state index is -3.00. The molecule has 0 radical (unpaired) electrons. The third-order valence-electron chi connectivity index (χ3n) is 2.71. The van der Waals surface area contributed by atoms with Crippen LogP contribution < -0.4 is 5.73 Å². The van der Waals surface area contributed by atoms with Crippen molar-refractivity contribution in [1.82, 2.24) is 20.2 Å². The summed E-state index contributed by atoms with van der Waals surface area (Å²) >= 11 is 5.97. The van der Waals surface area contributed by atoms with Gasteiger partial charge in [0.05, 0.1) is 16.5 Å². The Balaban J connectivity index is 2.22. The summed E-state index contributed by atoms with van der Waals surface area (Å²) in [5.41, 5.74) is 6.93. The van der Waals surface area contributed by atoms with Crippen molar-refractivity contribution in [2.24, 2.45) is 0 Å². The van der Waals surface area contributed by atoms with Crippen molar-refractivity contribution in [3.63, 3.8) is 0 Å². The third-order valence-corrected chi connectivity index (χ3v) is 4.07. The smallest absolute Gasteiger partial charge is 0.184 e. The molecule has 0 unspecified atom stereocenters. The molecule has 2 N–H and O–H groups in total. The van der Waals surface area contributed by atoms with E-state index in [9.17, 15) is 8.42 Å². The Hall–Kier alpha value is -1.67. The zero-order valence-electron chi connectivity index (χ0n) is 10.8. The van der Waals surface area contributed by atoms with Gasteiger partial charge in [-0.1, -0.05) is 17.7 Å². The molecule has 0 atom stereocenters. The maximum Gasteiger partial charge on any atom is 0.184 e. The Bertz CT molecular complexity index is 713. The second-order valence-electron chi connectivity index (χ2n) is 4.41. The summed E-state index contributed by atoms with van der Waals surface area (Å²) in [4.78, 5) is 0. The highest BCUT2D eigenvalue weighted by atomic mass is 35.5. The zero-order valence-corrected chi connectivity index (χ0v) is 12.4. The Kier molecular flexibility index (Phi) is 4.24. The van der Waals surface area contributed by atoms with E-state index in [0.29, 0.717) is 35.1 Å². The van der Waals surface area contributed by atoms with Crippen LogP contribution in [0.5, 0.6) is 0 Å². The van der Waals surface area contributed by atoms with E-state index in [1.165, 1.54) is 10.9 Å². The number of sulfone groups is 1. The van der Waals surface area contributed by atoms with Crippen LogP contribution in [-0.2, 0) is 16.4 Å². The number of nitrogen functional groups attached to an aromatic ring is 1. The van der Waals surface area contributed by atoms with Crippen LogP contribution >= 0.6 is 11.6 Å². The van der Waals surface area contributed by atoms with Gasteiger partial charge in [0, 0.05) is 18.4 Å². The molecule has 0 aliphatic carbocycles. The molecule has 0 aliphatic rings. The average molecular weight is 316 g/mol. The Morgan fingerprint density at radius 1 is 1.40 bits per heavy atom. The predicted molar refractivity (Wildman–Crippen MR) is 77.0 cm³/mol. The molecule has 0 fully saturated rings. The first kappa shape index (κ1) is 14.7. The maximum atomic E-state index is 11.1. The molecule has 0 saturated carbocycles. The summed E-state index contributed by atoms with van der Waals surface area (Å²) in [5.74, 6) is 0.552. The number of nitrogens with zero attached hydrogens (tertiary/aromatic N) is 4. The van der Waals surface area contributed by atoms with Crippen LogP contribution in [0, 0.1) is 0 Å². The second kappa shape index (κ2) is 5.76. The molecule has 2 aromatic rings.